The molecule has 0 radical (unpaired) electrons. The van der Waals surface area contributed by atoms with Gasteiger partial charge in [0.2, 0.25) is 23.6 Å². The monoisotopic (exact) mass is 649 g/mol. The number of carbonyl (C=O) groups excluding carboxylic acids is 6. The summed E-state index contributed by atoms with van der Waals surface area (Å²) in [5.41, 5.74) is 0.813. The van der Waals surface area contributed by atoms with Crippen LogP contribution in [0.5, 0.6) is 0 Å². The molecule has 2 aliphatic rings. The average Bonchev–Trinajstić information content (AvgIpc) is 3.13. The first kappa shape index (κ1) is 30.9. The maximum absolute atomic E-state index is 14.7. The van der Waals surface area contributed by atoms with Crippen LogP contribution in [0, 0.1) is 11.8 Å². The van der Waals surface area contributed by atoms with Crippen molar-refractivity contribution in [3.63, 3.8) is 0 Å². The Labute approximate surface area is 280 Å². The first-order valence-electron chi connectivity index (χ1n) is 15.4. The fourth-order valence-electron chi connectivity index (χ4n) is 6.33. The number of hydrogen-bond acceptors (Lipinski definition) is 7. The predicted molar refractivity (Wildman–Crippen MR) is 180 cm³/mol. The highest BCUT2D eigenvalue weighted by molar-refractivity contribution is 6.39. The minimum absolute atomic E-state index is 0.0756. The van der Waals surface area contributed by atoms with Crippen LogP contribution in [-0.2, 0) is 19.2 Å². The van der Waals surface area contributed by atoms with Gasteiger partial charge in [-0.2, -0.15) is 0 Å². The molecule has 8 amide bonds. The van der Waals surface area contributed by atoms with E-state index in [1.54, 1.807) is 133 Å². The van der Waals surface area contributed by atoms with Crippen molar-refractivity contribution in [1.29, 1.82) is 0 Å². The second-order valence-corrected chi connectivity index (χ2v) is 11.3. The highest BCUT2D eigenvalue weighted by Gasteiger charge is 2.59. The van der Waals surface area contributed by atoms with Crippen molar-refractivity contribution in [1.82, 2.24) is 4.98 Å². The van der Waals surface area contributed by atoms with Crippen LogP contribution in [0.2, 0.25) is 0 Å². The van der Waals surface area contributed by atoms with Crippen molar-refractivity contribution in [3.05, 3.63) is 151 Å². The molecule has 5 aromatic rings. The van der Waals surface area contributed by atoms with Gasteiger partial charge in [-0.3, -0.25) is 24.2 Å². The van der Waals surface area contributed by atoms with Gasteiger partial charge in [0.1, 0.15) is 11.8 Å². The van der Waals surface area contributed by atoms with Gasteiger partial charge in [0.05, 0.1) is 22.7 Å². The number of para-hydroxylation sites is 4. The molecule has 0 atom stereocenters. The molecule has 0 aliphatic carbocycles. The van der Waals surface area contributed by atoms with Crippen molar-refractivity contribution in [3.8, 4) is 0 Å². The van der Waals surface area contributed by atoms with Crippen molar-refractivity contribution in [2.75, 3.05) is 19.6 Å². The Morgan fingerprint density at radius 3 is 0.939 bits per heavy atom. The van der Waals surface area contributed by atoms with E-state index in [4.69, 9.17) is 0 Å². The molecule has 11 nitrogen and oxygen atoms in total. The van der Waals surface area contributed by atoms with Gasteiger partial charge in [0.15, 0.2) is 0 Å². The Hall–Kier alpha value is -6.75. The van der Waals surface area contributed by atoms with Crippen LogP contribution < -0.4 is 19.6 Å². The molecular formula is C38H27N5O6. The van der Waals surface area contributed by atoms with Gasteiger partial charge in [-0.1, -0.05) is 78.9 Å². The number of benzene rings is 4. The summed E-state index contributed by atoms with van der Waals surface area (Å²) in [4.78, 5) is 94.8. The van der Waals surface area contributed by atoms with E-state index in [1.807, 2.05) is 0 Å². The van der Waals surface area contributed by atoms with Gasteiger partial charge in [0, 0.05) is 17.8 Å². The fraction of sp³-hybridized carbons (Fsp3) is 0.0789. The lowest BCUT2D eigenvalue weighted by molar-refractivity contribution is -0.138. The third-order valence-electron chi connectivity index (χ3n) is 8.52. The molecular weight excluding hydrogens is 622 g/mol. The van der Waals surface area contributed by atoms with Crippen molar-refractivity contribution in [2.45, 2.75) is 5.92 Å². The average molecular weight is 650 g/mol. The second kappa shape index (κ2) is 12.8. The molecule has 3 heterocycles. The van der Waals surface area contributed by atoms with E-state index in [9.17, 15) is 28.8 Å². The smallest absolute Gasteiger partial charge is 0.273 e. The van der Waals surface area contributed by atoms with Gasteiger partial charge < -0.3 is 0 Å². The summed E-state index contributed by atoms with van der Waals surface area (Å²) in [5, 5.41) is 0. The Morgan fingerprint density at radius 1 is 0.388 bits per heavy atom. The number of anilines is 4. The van der Waals surface area contributed by atoms with Crippen LogP contribution >= 0.6 is 0 Å². The maximum Gasteiger partial charge on any atom is 0.342 e. The molecule has 240 valence electrons. The highest BCUT2D eigenvalue weighted by Crippen LogP contribution is 2.43. The second-order valence-electron chi connectivity index (χ2n) is 11.3. The molecule has 4 aromatic carbocycles. The lowest BCUT2D eigenvalue weighted by Crippen LogP contribution is -2.66. The number of barbiturate groups is 2. The number of amides is 8. The standard InChI is InChI=1S/C38H27N5O6/c44-33-31(34(45)41(26-17-7-2-8-18-26)37(48)40(33)25-15-5-1-6-16-25)30(29-23-13-14-24-39-29)32-35(46)42(27-19-9-3-10-20-27)38(49)43(36(32)47)28-21-11-4-12-22-28/h1-24,30-32H. The number of aromatic nitrogens is 1. The summed E-state index contributed by atoms with van der Waals surface area (Å²) < 4.78 is 0. The van der Waals surface area contributed by atoms with Gasteiger partial charge in [-0.05, 0) is 60.7 Å². The van der Waals surface area contributed by atoms with Gasteiger partial charge >= 0.3 is 12.1 Å². The Morgan fingerprint density at radius 2 is 0.673 bits per heavy atom. The van der Waals surface area contributed by atoms with Gasteiger partial charge in [0.25, 0.3) is 0 Å². The van der Waals surface area contributed by atoms with Crippen LogP contribution in [0.15, 0.2) is 146 Å². The minimum atomic E-state index is -1.80. The molecule has 2 aliphatic heterocycles. The van der Waals surface area contributed by atoms with E-state index >= 15 is 0 Å². The van der Waals surface area contributed by atoms with Gasteiger partial charge in [-0.15, -0.1) is 0 Å². The van der Waals surface area contributed by atoms with Crippen molar-refractivity contribution in [2.24, 2.45) is 11.8 Å². The van der Waals surface area contributed by atoms with Crippen molar-refractivity contribution >= 4 is 58.4 Å². The summed E-state index contributed by atoms with van der Waals surface area (Å²) in [5.74, 6) is -8.92. The number of imide groups is 4. The number of nitrogens with zero attached hydrogens (tertiary/aromatic N) is 5. The highest BCUT2D eigenvalue weighted by atomic mass is 16.2. The molecule has 0 N–H and O–H groups in total. The topological polar surface area (TPSA) is 128 Å². The molecule has 49 heavy (non-hydrogen) atoms. The third-order valence-corrected chi connectivity index (χ3v) is 8.52. The van der Waals surface area contributed by atoms with E-state index in [0.29, 0.717) is 0 Å². The van der Waals surface area contributed by atoms with Crippen LogP contribution in [0.3, 0.4) is 0 Å². The lowest BCUT2D eigenvalue weighted by atomic mass is 9.74. The molecule has 7 rings (SSSR count). The largest absolute Gasteiger partial charge is 0.342 e. The molecule has 0 spiro atoms. The quantitative estimate of drug-likeness (QED) is 0.204. The Balaban J connectivity index is 1.46. The minimum Gasteiger partial charge on any atom is -0.273 e. The van der Waals surface area contributed by atoms with E-state index in [0.717, 1.165) is 19.6 Å². The Bertz CT molecular complexity index is 1810. The normalized spacial score (nSPS) is 16.3. The van der Waals surface area contributed by atoms with Crippen LogP contribution in [0.25, 0.3) is 0 Å². The molecule has 0 unspecified atom stereocenters. The van der Waals surface area contributed by atoms with E-state index in [1.165, 1.54) is 12.3 Å². The van der Waals surface area contributed by atoms with E-state index in [2.05, 4.69) is 4.98 Å². The van der Waals surface area contributed by atoms with Crippen molar-refractivity contribution < 1.29 is 28.8 Å². The zero-order valence-electron chi connectivity index (χ0n) is 25.8. The molecule has 0 saturated carbocycles. The summed E-state index contributed by atoms with van der Waals surface area (Å²) in [6, 6.07) is 35.2. The van der Waals surface area contributed by atoms with Crippen LogP contribution in [0.4, 0.5) is 32.3 Å². The maximum atomic E-state index is 14.7. The SMILES string of the molecule is O=C1C(C(c2ccccn2)C2C(=O)N(c3ccccc3)C(=O)N(c3ccccc3)C2=O)C(=O)N(c2ccccc2)C(=O)N1c1ccccc1. The summed E-state index contributed by atoms with van der Waals surface area (Å²) in [7, 11) is 0. The summed E-state index contributed by atoms with van der Waals surface area (Å²) in [6.45, 7) is 0. The number of carbonyl (C=O) groups is 6. The molecule has 0 bridgehead atoms. The van der Waals surface area contributed by atoms with Crippen LogP contribution in [0.1, 0.15) is 11.6 Å². The lowest BCUT2D eigenvalue weighted by Gasteiger charge is -2.44. The first-order chi connectivity index (χ1) is 23.9. The molecule has 2 fully saturated rings. The molecule has 2 saturated heterocycles. The zero-order valence-corrected chi connectivity index (χ0v) is 25.8. The van der Waals surface area contributed by atoms with E-state index < -0.39 is 53.4 Å². The van der Waals surface area contributed by atoms with Gasteiger partial charge in [-0.25, -0.2) is 29.2 Å². The summed E-state index contributed by atoms with van der Waals surface area (Å²) >= 11 is 0. The van der Waals surface area contributed by atoms with E-state index in [-0.39, 0.29) is 28.4 Å². The third kappa shape index (κ3) is 5.32. The fourth-order valence-corrected chi connectivity index (χ4v) is 6.33. The summed E-state index contributed by atoms with van der Waals surface area (Å²) in [6.07, 6.45) is 1.42. The first-order valence-corrected chi connectivity index (χ1v) is 15.4. The van der Waals surface area contributed by atoms with Crippen LogP contribution in [-0.4, -0.2) is 40.7 Å². The Kier molecular flexibility index (Phi) is 8.07. The predicted octanol–water partition coefficient (Wildman–Crippen LogP) is 5.80. The molecule has 1 aromatic heterocycles. The number of pyridine rings is 1. The number of hydrogen-bond donors (Lipinski definition) is 0. The number of urea groups is 2. The number of rotatable bonds is 7. The zero-order chi connectivity index (χ0) is 34.1. The molecule has 11 heteroatoms.